The number of nitrogens with zero attached hydrogens (tertiary/aromatic N) is 3. The lowest BCUT2D eigenvalue weighted by Gasteiger charge is -2.46. The Hall–Kier alpha value is -2.56. The molecule has 2 saturated heterocycles. The van der Waals surface area contributed by atoms with Gasteiger partial charge in [-0.1, -0.05) is 23.8 Å². The molecule has 3 heterocycles. The average Bonchev–Trinajstić information content (AvgIpc) is 2.67. The summed E-state index contributed by atoms with van der Waals surface area (Å²) in [4.78, 5) is 2.67. The van der Waals surface area contributed by atoms with E-state index in [9.17, 15) is 10.5 Å². The van der Waals surface area contributed by atoms with Gasteiger partial charge in [0.15, 0.2) is 0 Å². The minimum Gasteiger partial charge on any atom is -0.488 e. The maximum atomic E-state index is 9.22. The van der Waals surface area contributed by atoms with Gasteiger partial charge < -0.3 is 4.74 Å². The first-order valence-corrected chi connectivity index (χ1v) is 10.3. The van der Waals surface area contributed by atoms with Crippen LogP contribution in [0.5, 0.6) is 0 Å². The second kappa shape index (κ2) is 7.46. The number of hydrogen-bond acceptors (Lipinski definition) is 4. The van der Waals surface area contributed by atoms with E-state index in [4.69, 9.17) is 4.74 Å². The first kappa shape index (κ1) is 18.8. The molecule has 0 aromatic rings. The number of nitriles is 2. The van der Waals surface area contributed by atoms with Crippen molar-refractivity contribution in [3.8, 4) is 12.1 Å². The Morgan fingerprint density at radius 2 is 2.04 bits per heavy atom. The molecule has 3 unspecified atom stereocenters. The Morgan fingerprint density at radius 1 is 1.25 bits per heavy atom. The summed E-state index contributed by atoms with van der Waals surface area (Å²) in [5.74, 6) is 1.36. The largest absolute Gasteiger partial charge is 0.488 e. The third-order valence-corrected chi connectivity index (χ3v) is 6.32. The zero-order valence-corrected chi connectivity index (χ0v) is 16.7. The van der Waals surface area contributed by atoms with Gasteiger partial charge in [-0.3, -0.25) is 4.90 Å². The summed E-state index contributed by atoms with van der Waals surface area (Å²) in [7, 11) is 0. The maximum absolute atomic E-state index is 9.22. The van der Waals surface area contributed by atoms with E-state index >= 15 is 0 Å². The molecule has 2 fully saturated rings. The second-order valence-corrected chi connectivity index (χ2v) is 8.58. The summed E-state index contributed by atoms with van der Waals surface area (Å²) in [6.07, 6.45) is 16.4. The van der Waals surface area contributed by atoms with Gasteiger partial charge in [-0.05, 0) is 81.8 Å². The molecule has 0 aromatic heterocycles. The Bertz CT molecular complexity index is 887. The molecule has 144 valence electrons. The lowest BCUT2D eigenvalue weighted by atomic mass is 9.75. The smallest absolute Gasteiger partial charge is 0.133 e. The molecule has 4 heteroatoms. The van der Waals surface area contributed by atoms with Crippen molar-refractivity contribution >= 4 is 0 Å². The molecule has 0 radical (unpaired) electrons. The van der Waals surface area contributed by atoms with Crippen LogP contribution in [0, 0.1) is 28.6 Å². The highest BCUT2D eigenvalue weighted by molar-refractivity contribution is 5.48. The Morgan fingerprint density at radius 3 is 2.82 bits per heavy atom. The van der Waals surface area contributed by atoms with Gasteiger partial charge in [-0.15, -0.1) is 0 Å². The highest BCUT2D eigenvalue weighted by Crippen LogP contribution is 2.40. The van der Waals surface area contributed by atoms with Crippen LogP contribution in [0.25, 0.3) is 0 Å². The normalized spacial score (nSPS) is 32.3. The third kappa shape index (κ3) is 3.58. The molecule has 28 heavy (non-hydrogen) atoms. The predicted molar refractivity (Wildman–Crippen MR) is 109 cm³/mol. The highest BCUT2D eigenvalue weighted by Gasteiger charge is 2.37. The first-order chi connectivity index (χ1) is 13.5. The Balaban J connectivity index is 1.58. The number of ether oxygens (including phenoxy) is 1. The van der Waals surface area contributed by atoms with Crippen molar-refractivity contribution < 1.29 is 4.74 Å². The summed E-state index contributed by atoms with van der Waals surface area (Å²) >= 11 is 0. The number of rotatable bonds is 2. The number of allylic oxidation sites excluding steroid dienone is 6. The Kier molecular flexibility index (Phi) is 5.00. The third-order valence-electron chi connectivity index (χ3n) is 6.32. The van der Waals surface area contributed by atoms with Crippen LogP contribution in [0.15, 0.2) is 58.4 Å². The Labute approximate surface area is 167 Å². The minimum atomic E-state index is -0.547. The molecule has 0 saturated carbocycles. The van der Waals surface area contributed by atoms with Crippen molar-refractivity contribution in [1.82, 2.24) is 4.90 Å². The van der Waals surface area contributed by atoms with E-state index in [1.165, 1.54) is 44.3 Å². The van der Waals surface area contributed by atoms with E-state index in [0.717, 1.165) is 11.3 Å². The highest BCUT2D eigenvalue weighted by atomic mass is 16.5. The van der Waals surface area contributed by atoms with Crippen LogP contribution in [0.4, 0.5) is 0 Å². The van der Waals surface area contributed by atoms with Crippen LogP contribution in [-0.2, 0) is 4.74 Å². The van der Waals surface area contributed by atoms with E-state index in [2.05, 4.69) is 29.2 Å². The van der Waals surface area contributed by atoms with Crippen molar-refractivity contribution in [3.63, 3.8) is 0 Å². The molecule has 3 aliphatic heterocycles. The van der Waals surface area contributed by atoms with Crippen molar-refractivity contribution in [2.45, 2.75) is 57.6 Å². The molecule has 0 amide bonds. The van der Waals surface area contributed by atoms with Gasteiger partial charge in [0.1, 0.15) is 23.3 Å². The van der Waals surface area contributed by atoms with Crippen LogP contribution in [0.3, 0.4) is 0 Å². The molecule has 1 aliphatic carbocycles. The monoisotopic (exact) mass is 373 g/mol. The molecular weight excluding hydrogens is 346 g/mol. The van der Waals surface area contributed by atoms with Crippen LogP contribution >= 0.6 is 0 Å². The van der Waals surface area contributed by atoms with Gasteiger partial charge in [-0.25, -0.2) is 0 Å². The quantitative estimate of drug-likeness (QED) is 0.658. The molecule has 4 aliphatic rings. The van der Waals surface area contributed by atoms with Crippen molar-refractivity contribution in [1.29, 1.82) is 10.5 Å². The molecule has 0 bridgehead atoms. The standard InChI is InChI=1S/C24H27N3O/c1-17-11-21(22(15-25)16-26)14-24(2,28-17)8-7-18-12-19-5-3-9-27-10-4-6-20(13-18)23(19)27/h7-8,11-13,19,23H,3-6,9-10,14H2,1-2H3/b8-7+. The van der Waals surface area contributed by atoms with E-state index < -0.39 is 5.60 Å². The van der Waals surface area contributed by atoms with Crippen molar-refractivity contribution in [3.05, 3.63) is 58.4 Å². The summed E-state index contributed by atoms with van der Waals surface area (Å²) in [5, 5.41) is 18.4. The van der Waals surface area contributed by atoms with Gasteiger partial charge in [0.25, 0.3) is 0 Å². The van der Waals surface area contributed by atoms with Gasteiger partial charge in [0, 0.05) is 12.5 Å². The molecule has 3 atom stereocenters. The van der Waals surface area contributed by atoms with E-state index in [1.807, 2.05) is 32.1 Å². The maximum Gasteiger partial charge on any atom is 0.133 e. The fourth-order valence-corrected chi connectivity index (χ4v) is 5.24. The van der Waals surface area contributed by atoms with Gasteiger partial charge in [-0.2, -0.15) is 10.5 Å². The zero-order chi connectivity index (χ0) is 19.7. The second-order valence-electron chi connectivity index (χ2n) is 8.58. The molecule has 0 spiro atoms. The van der Waals surface area contributed by atoms with Crippen molar-refractivity contribution in [2.75, 3.05) is 13.1 Å². The number of hydrogen-bond donors (Lipinski definition) is 0. The molecule has 0 aromatic carbocycles. The lowest BCUT2D eigenvalue weighted by Crippen LogP contribution is -2.49. The lowest BCUT2D eigenvalue weighted by molar-refractivity contribution is 0.0552. The topological polar surface area (TPSA) is 60.0 Å². The summed E-state index contributed by atoms with van der Waals surface area (Å²) in [6, 6.07) is 4.64. The van der Waals surface area contributed by atoms with Gasteiger partial charge in [0.2, 0.25) is 0 Å². The van der Waals surface area contributed by atoms with Crippen LogP contribution in [-0.4, -0.2) is 29.6 Å². The minimum absolute atomic E-state index is 0.175. The van der Waals surface area contributed by atoms with E-state index in [-0.39, 0.29) is 5.57 Å². The summed E-state index contributed by atoms with van der Waals surface area (Å²) < 4.78 is 6.09. The van der Waals surface area contributed by atoms with Crippen LogP contribution < -0.4 is 0 Å². The van der Waals surface area contributed by atoms with E-state index in [1.54, 1.807) is 5.57 Å². The molecule has 4 nitrogen and oxygen atoms in total. The van der Waals surface area contributed by atoms with Gasteiger partial charge in [0.05, 0.1) is 5.76 Å². The fraction of sp³-hybridized carbons (Fsp3) is 0.500. The number of piperidine rings is 2. The van der Waals surface area contributed by atoms with E-state index in [0.29, 0.717) is 18.4 Å². The first-order valence-electron chi connectivity index (χ1n) is 10.3. The van der Waals surface area contributed by atoms with Crippen molar-refractivity contribution in [2.24, 2.45) is 5.92 Å². The molecular formula is C24H27N3O. The SMILES string of the molecule is CC1=CC(=C(C#N)C#N)CC(C)(/C=C/C2=CC3CCCN4CCCC(=C2)C34)O1. The predicted octanol–water partition coefficient (Wildman–Crippen LogP) is 4.71. The summed E-state index contributed by atoms with van der Waals surface area (Å²) in [6.45, 7) is 6.38. The molecule has 4 rings (SSSR count). The van der Waals surface area contributed by atoms with Crippen LogP contribution in [0.2, 0.25) is 0 Å². The summed E-state index contributed by atoms with van der Waals surface area (Å²) in [5.41, 5.74) is 3.24. The molecule has 0 N–H and O–H groups in total. The zero-order valence-electron chi connectivity index (χ0n) is 16.7. The average molecular weight is 374 g/mol. The van der Waals surface area contributed by atoms with Crippen LogP contribution in [0.1, 0.15) is 46.0 Å². The van der Waals surface area contributed by atoms with Gasteiger partial charge >= 0.3 is 0 Å². The fourth-order valence-electron chi connectivity index (χ4n) is 5.24.